The Morgan fingerprint density at radius 1 is 1.48 bits per heavy atom. The summed E-state index contributed by atoms with van der Waals surface area (Å²) in [5, 5.41) is 14.8. The number of hydrogen-bond donors (Lipinski definition) is 2. The van der Waals surface area contributed by atoms with Gasteiger partial charge in [-0.15, -0.1) is 11.3 Å². The summed E-state index contributed by atoms with van der Waals surface area (Å²) < 4.78 is 0. The van der Waals surface area contributed by atoms with Crippen molar-refractivity contribution >= 4 is 23.1 Å². The molecule has 5 heteroatoms. The summed E-state index contributed by atoms with van der Waals surface area (Å²) in [6.45, 7) is 5.81. The lowest BCUT2D eigenvalue weighted by atomic mass is 10.1. The highest BCUT2D eigenvalue weighted by Crippen LogP contribution is 2.29. The van der Waals surface area contributed by atoms with Crippen LogP contribution in [0.25, 0.3) is 0 Å². The second kappa shape index (κ2) is 6.72. The van der Waals surface area contributed by atoms with Crippen LogP contribution in [0.4, 0.5) is 5.82 Å². The van der Waals surface area contributed by atoms with Gasteiger partial charge in [0.25, 0.3) is 0 Å². The van der Waals surface area contributed by atoms with Gasteiger partial charge in [0, 0.05) is 10.6 Å². The van der Waals surface area contributed by atoms with Gasteiger partial charge in [-0.2, -0.15) is 0 Å². The molecule has 112 valence electrons. The summed E-state index contributed by atoms with van der Waals surface area (Å²) in [5.74, 6) is -0.476. The monoisotopic (exact) mass is 304 g/mol. The van der Waals surface area contributed by atoms with Gasteiger partial charge in [-0.3, -0.25) is 0 Å². The zero-order valence-corrected chi connectivity index (χ0v) is 13.3. The van der Waals surface area contributed by atoms with E-state index in [2.05, 4.69) is 23.3 Å². The van der Waals surface area contributed by atoms with Gasteiger partial charge in [0.05, 0.1) is 6.04 Å². The quantitative estimate of drug-likeness (QED) is 0.829. The van der Waals surface area contributed by atoms with Crippen LogP contribution in [0.3, 0.4) is 0 Å². The predicted molar refractivity (Wildman–Crippen MR) is 86.3 cm³/mol. The Bertz CT molecular complexity index is 623. The van der Waals surface area contributed by atoms with Gasteiger partial charge < -0.3 is 10.4 Å². The van der Waals surface area contributed by atoms with Gasteiger partial charge in [-0.05, 0) is 43.3 Å². The van der Waals surface area contributed by atoms with Crippen molar-refractivity contribution in [2.24, 2.45) is 0 Å². The molecule has 2 aromatic heterocycles. The Labute approximate surface area is 128 Å². The van der Waals surface area contributed by atoms with Crippen LogP contribution in [-0.4, -0.2) is 16.1 Å². The fourth-order valence-corrected chi connectivity index (χ4v) is 3.25. The van der Waals surface area contributed by atoms with Crippen LogP contribution in [-0.2, 0) is 0 Å². The maximum atomic E-state index is 11.5. The van der Waals surface area contributed by atoms with Crippen LogP contribution in [0.15, 0.2) is 23.6 Å². The third kappa shape index (κ3) is 3.61. The molecule has 0 bridgehead atoms. The number of nitrogens with zero attached hydrogens (tertiary/aromatic N) is 1. The average molecular weight is 304 g/mol. The van der Waals surface area contributed by atoms with Crippen LogP contribution >= 0.6 is 11.3 Å². The van der Waals surface area contributed by atoms with Crippen LogP contribution < -0.4 is 5.32 Å². The van der Waals surface area contributed by atoms with E-state index >= 15 is 0 Å². The first-order valence-electron chi connectivity index (χ1n) is 7.04. The van der Waals surface area contributed by atoms with Gasteiger partial charge in [0.1, 0.15) is 11.4 Å². The molecule has 0 radical (unpaired) electrons. The molecular weight excluding hydrogens is 284 g/mol. The van der Waals surface area contributed by atoms with Crippen LogP contribution in [0, 0.1) is 13.8 Å². The van der Waals surface area contributed by atoms with E-state index in [-0.39, 0.29) is 11.6 Å². The summed E-state index contributed by atoms with van der Waals surface area (Å²) in [4.78, 5) is 17.1. The van der Waals surface area contributed by atoms with Gasteiger partial charge in [-0.1, -0.05) is 19.4 Å². The molecule has 2 aromatic rings. The van der Waals surface area contributed by atoms with E-state index in [9.17, 15) is 9.90 Å². The van der Waals surface area contributed by atoms with E-state index in [4.69, 9.17) is 0 Å². The zero-order valence-electron chi connectivity index (χ0n) is 12.5. The minimum absolute atomic E-state index is 0.0989. The summed E-state index contributed by atoms with van der Waals surface area (Å²) in [5.41, 5.74) is 1.82. The lowest BCUT2D eigenvalue weighted by Gasteiger charge is -2.20. The van der Waals surface area contributed by atoms with E-state index < -0.39 is 5.97 Å². The molecule has 0 aromatic carbocycles. The van der Waals surface area contributed by atoms with E-state index in [0.717, 1.165) is 24.1 Å². The predicted octanol–water partition coefficient (Wildman–Crippen LogP) is 4.41. The van der Waals surface area contributed by atoms with E-state index in [1.807, 2.05) is 25.3 Å². The fourth-order valence-electron chi connectivity index (χ4n) is 2.44. The van der Waals surface area contributed by atoms with Crippen molar-refractivity contribution in [1.29, 1.82) is 0 Å². The molecule has 0 aliphatic carbocycles. The molecule has 4 nitrogen and oxygen atoms in total. The third-order valence-electron chi connectivity index (χ3n) is 3.33. The molecule has 0 fully saturated rings. The second-order valence-corrected chi connectivity index (χ2v) is 6.09. The largest absolute Gasteiger partial charge is 0.478 e. The minimum atomic E-state index is -0.941. The van der Waals surface area contributed by atoms with Crippen LogP contribution in [0.5, 0.6) is 0 Å². The first kappa shape index (κ1) is 15.5. The van der Waals surface area contributed by atoms with Crippen molar-refractivity contribution in [3.05, 3.63) is 45.3 Å². The number of carboxylic acids is 1. The van der Waals surface area contributed by atoms with Gasteiger partial charge in [-0.25, -0.2) is 9.78 Å². The number of rotatable bonds is 6. The smallest absolute Gasteiger partial charge is 0.339 e. The highest BCUT2D eigenvalue weighted by Gasteiger charge is 2.19. The summed E-state index contributed by atoms with van der Waals surface area (Å²) in [6.07, 6.45) is 1.96. The third-order valence-corrected chi connectivity index (χ3v) is 4.32. The molecule has 0 amide bonds. The zero-order chi connectivity index (χ0) is 15.4. The molecule has 0 aliphatic heterocycles. The van der Waals surface area contributed by atoms with Crippen molar-refractivity contribution in [1.82, 2.24) is 4.98 Å². The molecular formula is C16H20N2O2S. The van der Waals surface area contributed by atoms with E-state index in [1.165, 1.54) is 4.88 Å². The Morgan fingerprint density at radius 3 is 2.81 bits per heavy atom. The summed E-state index contributed by atoms with van der Waals surface area (Å²) >= 11 is 1.68. The van der Waals surface area contributed by atoms with Crippen LogP contribution in [0.2, 0.25) is 0 Å². The molecule has 0 saturated carbocycles. The molecule has 0 spiro atoms. The number of aromatic carboxylic acids is 1. The number of pyridine rings is 1. The summed E-state index contributed by atoms with van der Waals surface area (Å²) in [7, 11) is 0. The van der Waals surface area contributed by atoms with Gasteiger partial charge in [0.2, 0.25) is 0 Å². The molecule has 1 unspecified atom stereocenters. The lowest BCUT2D eigenvalue weighted by Crippen LogP contribution is -2.15. The Balaban J connectivity index is 2.38. The molecule has 1 atom stereocenters. The standard InChI is InChI=1S/C16H20N2O2S/c1-4-6-12(13-7-5-8-21-13)18-15-14(16(19)20)10(2)9-11(3)17-15/h5,7-9,12H,4,6H2,1-3H3,(H,17,18)(H,19,20). The number of thiophene rings is 1. The topological polar surface area (TPSA) is 62.2 Å². The normalized spacial score (nSPS) is 12.1. The van der Waals surface area contributed by atoms with Crippen LogP contribution in [0.1, 0.15) is 52.3 Å². The average Bonchev–Trinajstić information content (AvgIpc) is 2.90. The number of anilines is 1. The number of hydrogen-bond acceptors (Lipinski definition) is 4. The maximum absolute atomic E-state index is 11.5. The minimum Gasteiger partial charge on any atom is -0.478 e. The first-order valence-corrected chi connectivity index (χ1v) is 7.92. The first-order chi connectivity index (χ1) is 10.0. The van der Waals surface area contributed by atoms with Crippen molar-refractivity contribution in [2.75, 3.05) is 5.32 Å². The Kier molecular flexibility index (Phi) is 4.96. The number of aromatic nitrogens is 1. The maximum Gasteiger partial charge on any atom is 0.339 e. The van der Waals surface area contributed by atoms with Crippen molar-refractivity contribution in [2.45, 2.75) is 39.7 Å². The highest BCUT2D eigenvalue weighted by molar-refractivity contribution is 7.10. The number of carbonyl (C=O) groups is 1. The molecule has 21 heavy (non-hydrogen) atoms. The summed E-state index contributed by atoms with van der Waals surface area (Å²) in [6, 6.07) is 5.98. The molecule has 2 rings (SSSR count). The van der Waals surface area contributed by atoms with Crippen molar-refractivity contribution in [3.8, 4) is 0 Å². The SMILES string of the molecule is CCCC(Nc1nc(C)cc(C)c1C(=O)O)c1cccs1. The number of aryl methyl sites for hydroxylation is 2. The van der Waals surface area contributed by atoms with Crippen molar-refractivity contribution in [3.63, 3.8) is 0 Å². The van der Waals surface area contributed by atoms with Crippen molar-refractivity contribution < 1.29 is 9.90 Å². The Morgan fingerprint density at radius 2 is 2.24 bits per heavy atom. The van der Waals surface area contributed by atoms with Gasteiger partial charge >= 0.3 is 5.97 Å². The molecule has 0 aliphatic rings. The fraction of sp³-hybridized carbons (Fsp3) is 0.375. The second-order valence-electron chi connectivity index (χ2n) is 5.11. The van der Waals surface area contributed by atoms with E-state index in [0.29, 0.717) is 5.82 Å². The number of carboxylic acid groups (broad SMARTS) is 1. The number of nitrogens with one attached hydrogen (secondary N) is 1. The van der Waals surface area contributed by atoms with E-state index in [1.54, 1.807) is 17.4 Å². The highest BCUT2D eigenvalue weighted by atomic mass is 32.1. The molecule has 0 saturated heterocycles. The Hall–Kier alpha value is -1.88. The van der Waals surface area contributed by atoms with Gasteiger partial charge in [0.15, 0.2) is 0 Å². The lowest BCUT2D eigenvalue weighted by molar-refractivity contribution is 0.0696. The molecule has 2 heterocycles. The molecule has 2 N–H and O–H groups in total.